The fourth-order valence-corrected chi connectivity index (χ4v) is 2.70. The van der Waals surface area contributed by atoms with E-state index in [1.54, 1.807) is 0 Å². The molecule has 0 aliphatic heterocycles. The Morgan fingerprint density at radius 1 is 1.10 bits per heavy atom. The smallest absolute Gasteiger partial charge is 0.153 e. The molecule has 0 aliphatic rings. The van der Waals surface area contributed by atoms with Gasteiger partial charge in [-0.2, -0.15) is 0 Å². The summed E-state index contributed by atoms with van der Waals surface area (Å²) in [5, 5.41) is 5.13. The maximum absolute atomic E-state index is 6.19. The molecule has 0 radical (unpaired) electrons. The van der Waals surface area contributed by atoms with E-state index in [-0.39, 0.29) is 0 Å². The number of halogens is 1. The molecule has 1 aromatic heterocycles. The van der Waals surface area contributed by atoms with Crippen LogP contribution in [0.2, 0.25) is 5.02 Å². The first-order chi connectivity index (χ1) is 10.3. The lowest BCUT2D eigenvalue weighted by Gasteiger charge is -2.08. The lowest BCUT2D eigenvalue weighted by atomic mass is 10.0. The van der Waals surface area contributed by atoms with E-state index in [2.05, 4.69) is 36.5 Å². The second-order valence-corrected chi connectivity index (χ2v) is 5.51. The first-order valence-corrected chi connectivity index (χ1v) is 7.64. The third kappa shape index (κ3) is 2.97. The zero-order chi connectivity index (χ0) is 14.7. The Bertz CT molecular complexity index is 748. The number of hydrogen-bond donors (Lipinski definition) is 1. The molecule has 0 fully saturated rings. The van der Waals surface area contributed by atoms with Gasteiger partial charge in [0.15, 0.2) is 5.58 Å². The molecule has 21 heavy (non-hydrogen) atoms. The van der Waals surface area contributed by atoms with Crippen molar-refractivity contribution in [2.24, 2.45) is 0 Å². The number of nitrogens with one attached hydrogen (secondary N) is 1. The van der Waals surface area contributed by atoms with E-state index in [0.717, 1.165) is 41.8 Å². The van der Waals surface area contributed by atoms with Crippen molar-refractivity contribution in [3.63, 3.8) is 0 Å². The van der Waals surface area contributed by atoms with E-state index < -0.39 is 0 Å². The molecule has 0 amide bonds. The maximum Gasteiger partial charge on any atom is 0.153 e. The summed E-state index contributed by atoms with van der Waals surface area (Å²) in [5.41, 5.74) is 3.11. The molecule has 0 saturated heterocycles. The fraction of sp³-hybridized carbons (Fsp3) is 0.222. The van der Waals surface area contributed by atoms with E-state index in [9.17, 15) is 0 Å². The van der Waals surface area contributed by atoms with Crippen LogP contribution in [0.5, 0.6) is 0 Å². The molecule has 3 heteroatoms. The third-order valence-corrected chi connectivity index (χ3v) is 3.82. The SMILES string of the molecule is CCCNCc1ccccc1-c1cc2cccc(Cl)c2o1. The molecule has 0 bridgehead atoms. The van der Waals surface area contributed by atoms with E-state index in [1.165, 1.54) is 5.56 Å². The highest BCUT2D eigenvalue weighted by atomic mass is 35.5. The van der Waals surface area contributed by atoms with Crippen LogP contribution in [-0.4, -0.2) is 6.54 Å². The summed E-state index contributed by atoms with van der Waals surface area (Å²) in [6.45, 7) is 4.02. The highest BCUT2D eigenvalue weighted by molar-refractivity contribution is 6.34. The Balaban J connectivity index is 2.00. The van der Waals surface area contributed by atoms with E-state index in [1.807, 2.05) is 24.3 Å². The van der Waals surface area contributed by atoms with Gasteiger partial charge in [-0.15, -0.1) is 0 Å². The molecule has 2 aromatic carbocycles. The van der Waals surface area contributed by atoms with E-state index in [0.29, 0.717) is 5.02 Å². The molecular weight excluding hydrogens is 282 g/mol. The second-order valence-electron chi connectivity index (χ2n) is 5.10. The minimum absolute atomic E-state index is 0.653. The summed E-state index contributed by atoms with van der Waals surface area (Å²) in [5.74, 6) is 0.868. The lowest BCUT2D eigenvalue weighted by Crippen LogP contribution is -2.14. The van der Waals surface area contributed by atoms with Crippen molar-refractivity contribution >= 4 is 22.6 Å². The molecule has 1 N–H and O–H groups in total. The lowest BCUT2D eigenvalue weighted by molar-refractivity contribution is 0.627. The number of hydrogen-bond acceptors (Lipinski definition) is 2. The molecule has 108 valence electrons. The van der Waals surface area contributed by atoms with Crippen molar-refractivity contribution in [3.05, 3.63) is 59.1 Å². The van der Waals surface area contributed by atoms with Crippen LogP contribution in [0.15, 0.2) is 52.9 Å². The number of para-hydroxylation sites is 1. The first-order valence-electron chi connectivity index (χ1n) is 7.26. The van der Waals surface area contributed by atoms with Gasteiger partial charge in [0.25, 0.3) is 0 Å². The Kier molecular flexibility index (Phi) is 4.28. The Labute approximate surface area is 129 Å². The van der Waals surface area contributed by atoms with Crippen LogP contribution in [0.3, 0.4) is 0 Å². The van der Waals surface area contributed by atoms with Gasteiger partial charge in [0.2, 0.25) is 0 Å². The summed E-state index contributed by atoms with van der Waals surface area (Å²) < 4.78 is 5.97. The molecule has 0 unspecified atom stereocenters. The second kappa shape index (κ2) is 6.33. The van der Waals surface area contributed by atoms with Crippen LogP contribution in [0.1, 0.15) is 18.9 Å². The molecule has 0 aliphatic carbocycles. The van der Waals surface area contributed by atoms with Crippen molar-refractivity contribution in [1.82, 2.24) is 5.32 Å². The monoisotopic (exact) mass is 299 g/mol. The average molecular weight is 300 g/mol. The number of benzene rings is 2. The van der Waals surface area contributed by atoms with Gasteiger partial charge in [0.1, 0.15) is 5.76 Å². The van der Waals surface area contributed by atoms with Crippen molar-refractivity contribution < 1.29 is 4.42 Å². The highest BCUT2D eigenvalue weighted by Gasteiger charge is 2.11. The summed E-state index contributed by atoms with van der Waals surface area (Å²) in [6, 6.07) is 16.2. The van der Waals surface area contributed by atoms with Crippen LogP contribution >= 0.6 is 11.6 Å². The van der Waals surface area contributed by atoms with E-state index in [4.69, 9.17) is 16.0 Å². The maximum atomic E-state index is 6.19. The van der Waals surface area contributed by atoms with Gasteiger partial charge in [-0.1, -0.05) is 54.9 Å². The molecule has 2 nitrogen and oxygen atoms in total. The zero-order valence-corrected chi connectivity index (χ0v) is 12.8. The average Bonchev–Trinajstić information content (AvgIpc) is 2.93. The molecular formula is C18H18ClNO. The molecule has 0 saturated carbocycles. The quantitative estimate of drug-likeness (QED) is 0.651. The minimum atomic E-state index is 0.653. The van der Waals surface area contributed by atoms with Gasteiger partial charge in [0, 0.05) is 17.5 Å². The summed E-state index contributed by atoms with van der Waals surface area (Å²) in [4.78, 5) is 0. The van der Waals surface area contributed by atoms with Crippen molar-refractivity contribution in [3.8, 4) is 11.3 Å². The van der Waals surface area contributed by atoms with Gasteiger partial charge in [-0.3, -0.25) is 0 Å². The Morgan fingerprint density at radius 2 is 1.95 bits per heavy atom. The van der Waals surface area contributed by atoms with Gasteiger partial charge in [-0.25, -0.2) is 0 Å². The normalized spacial score (nSPS) is 11.1. The van der Waals surface area contributed by atoms with Crippen molar-refractivity contribution in [1.29, 1.82) is 0 Å². The van der Waals surface area contributed by atoms with Crippen LogP contribution in [-0.2, 0) is 6.54 Å². The summed E-state index contributed by atoms with van der Waals surface area (Å²) in [7, 11) is 0. The predicted molar refractivity (Wildman–Crippen MR) is 88.7 cm³/mol. The molecule has 3 rings (SSSR count). The number of fused-ring (bicyclic) bond motifs is 1. The molecule has 3 aromatic rings. The molecule has 0 atom stereocenters. The van der Waals surface area contributed by atoms with Gasteiger partial charge in [0.05, 0.1) is 5.02 Å². The standard InChI is InChI=1S/C18H18ClNO/c1-2-10-20-12-14-6-3-4-8-15(14)17-11-13-7-5-9-16(19)18(13)21-17/h3-9,11,20H,2,10,12H2,1H3. The minimum Gasteiger partial charge on any atom is -0.455 e. The molecule has 0 spiro atoms. The van der Waals surface area contributed by atoms with Gasteiger partial charge >= 0.3 is 0 Å². The van der Waals surface area contributed by atoms with E-state index >= 15 is 0 Å². The Hall–Kier alpha value is -1.77. The third-order valence-electron chi connectivity index (χ3n) is 3.52. The van der Waals surface area contributed by atoms with Crippen molar-refractivity contribution in [2.75, 3.05) is 6.54 Å². The van der Waals surface area contributed by atoms with Crippen LogP contribution < -0.4 is 5.32 Å². The zero-order valence-electron chi connectivity index (χ0n) is 12.0. The summed E-state index contributed by atoms with van der Waals surface area (Å²) >= 11 is 6.19. The largest absolute Gasteiger partial charge is 0.455 e. The predicted octanol–water partition coefficient (Wildman–Crippen LogP) is 5.25. The number of furan rings is 1. The van der Waals surface area contributed by atoms with Crippen LogP contribution in [0, 0.1) is 0 Å². The topological polar surface area (TPSA) is 25.2 Å². The van der Waals surface area contributed by atoms with Crippen molar-refractivity contribution in [2.45, 2.75) is 19.9 Å². The van der Waals surface area contributed by atoms with Gasteiger partial charge in [-0.05, 0) is 30.7 Å². The van der Waals surface area contributed by atoms with Crippen LogP contribution in [0.25, 0.3) is 22.3 Å². The van der Waals surface area contributed by atoms with Crippen LogP contribution in [0.4, 0.5) is 0 Å². The molecule has 1 heterocycles. The Morgan fingerprint density at radius 3 is 2.76 bits per heavy atom. The highest BCUT2D eigenvalue weighted by Crippen LogP contribution is 2.33. The fourth-order valence-electron chi connectivity index (χ4n) is 2.47. The van der Waals surface area contributed by atoms with Gasteiger partial charge < -0.3 is 9.73 Å². The number of rotatable bonds is 5. The first kappa shape index (κ1) is 14.2. The summed E-state index contributed by atoms with van der Waals surface area (Å²) in [6.07, 6.45) is 1.13.